The molecule has 0 fully saturated rings. The predicted molar refractivity (Wildman–Crippen MR) is 80.0 cm³/mol. The van der Waals surface area contributed by atoms with Gasteiger partial charge in [0.25, 0.3) is 5.52 Å². The third kappa shape index (κ3) is 1.25. The van der Waals surface area contributed by atoms with Crippen LogP contribution in [-0.4, -0.2) is 9.55 Å². The molecule has 3 aromatic heterocycles. The van der Waals surface area contributed by atoms with Crippen LogP contribution in [0.15, 0.2) is 41.1 Å². The summed E-state index contributed by atoms with van der Waals surface area (Å²) in [5.41, 5.74) is 6.56. The number of benzene rings is 1. The molecule has 0 N–H and O–H groups in total. The summed E-state index contributed by atoms with van der Waals surface area (Å²) in [6.07, 6.45) is 4.07. The molecular formula is C17H14N3O+. The Morgan fingerprint density at radius 1 is 1.24 bits per heavy atom. The van der Waals surface area contributed by atoms with E-state index < -0.39 is 0 Å². The highest BCUT2D eigenvalue weighted by Gasteiger charge is 2.28. The highest BCUT2D eigenvalue weighted by molar-refractivity contribution is 6.09. The van der Waals surface area contributed by atoms with Crippen LogP contribution < -0.4 is 4.57 Å². The van der Waals surface area contributed by atoms with Crippen LogP contribution in [0.1, 0.15) is 11.3 Å². The smallest absolute Gasteiger partial charge is 0.261 e. The maximum atomic E-state index is 6.10. The SMILES string of the molecule is Cc1cc[n+]2c3c1oc1cccc(c13)-c1ncc(C)n1C2. The monoisotopic (exact) mass is 276 g/mol. The molecule has 1 aromatic carbocycles. The summed E-state index contributed by atoms with van der Waals surface area (Å²) in [5, 5.41) is 1.17. The quantitative estimate of drug-likeness (QED) is 0.407. The second-order valence-corrected chi connectivity index (χ2v) is 5.72. The van der Waals surface area contributed by atoms with Crippen LogP contribution in [0.5, 0.6) is 0 Å². The van der Waals surface area contributed by atoms with Crippen molar-refractivity contribution in [2.45, 2.75) is 20.5 Å². The second-order valence-electron chi connectivity index (χ2n) is 5.72. The zero-order valence-electron chi connectivity index (χ0n) is 11.9. The van der Waals surface area contributed by atoms with E-state index in [1.807, 2.05) is 18.3 Å². The van der Waals surface area contributed by atoms with Gasteiger partial charge in [-0.1, -0.05) is 12.1 Å². The third-order valence-corrected chi connectivity index (χ3v) is 4.43. The Labute approximate surface area is 121 Å². The summed E-state index contributed by atoms with van der Waals surface area (Å²) in [4.78, 5) is 4.62. The number of hydrogen-bond donors (Lipinski definition) is 0. The summed E-state index contributed by atoms with van der Waals surface area (Å²) >= 11 is 0. The van der Waals surface area contributed by atoms with Crippen molar-refractivity contribution in [3.8, 4) is 11.4 Å². The van der Waals surface area contributed by atoms with Crippen molar-refractivity contribution >= 4 is 22.1 Å². The van der Waals surface area contributed by atoms with Crippen LogP contribution in [0.4, 0.5) is 0 Å². The van der Waals surface area contributed by atoms with E-state index in [1.165, 1.54) is 22.2 Å². The lowest BCUT2D eigenvalue weighted by molar-refractivity contribution is -0.675. The first kappa shape index (κ1) is 11.1. The molecule has 0 radical (unpaired) electrons. The number of aryl methyl sites for hydroxylation is 2. The first-order chi connectivity index (χ1) is 10.2. The number of pyridine rings is 1. The number of imidazole rings is 1. The van der Waals surface area contributed by atoms with Gasteiger partial charge in [0.1, 0.15) is 16.8 Å². The molecule has 4 heteroatoms. The third-order valence-electron chi connectivity index (χ3n) is 4.43. The van der Waals surface area contributed by atoms with Gasteiger partial charge in [0.15, 0.2) is 6.20 Å². The molecule has 0 saturated carbocycles. The average Bonchev–Trinajstić information content (AvgIpc) is 3.00. The largest absolute Gasteiger partial charge is 0.449 e. The predicted octanol–water partition coefficient (Wildman–Crippen LogP) is 3.17. The molecule has 0 saturated heterocycles. The van der Waals surface area contributed by atoms with Crippen molar-refractivity contribution in [3.63, 3.8) is 0 Å². The molecule has 0 amide bonds. The summed E-state index contributed by atoms with van der Waals surface area (Å²) in [6, 6.07) is 8.32. The molecular weight excluding hydrogens is 262 g/mol. The van der Waals surface area contributed by atoms with Gasteiger partial charge in [-0.15, -0.1) is 0 Å². The van der Waals surface area contributed by atoms with Gasteiger partial charge in [0.2, 0.25) is 12.3 Å². The Morgan fingerprint density at radius 2 is 2.14 bits per heavy atom. The molecule has 4 aromatic rings. The van der Waals surface area contributed by atoms with E-state index in [0.29, 0.717) is 0 Å². The van der Waals surface area contributed by atoms with Crippen molar-refractivity contribution in [2.24, 2.45) is 0 Å². The van der Waals surface area contributed by atoms with Crippen LogP contribution in [0.25, 0.3) is 33.5 Å². The number of fused-ring (bicyclic) bond motifs is 2. The molecule has 0 spiro atoms. The Hall–Kier alpha value is -2.62. The van der Waals surface area contributed by atoms with Crippen LogP contribution in [0.3, 0.4) is 0 Å². The molecule has 102 valence electrons. The van der Waals surface area contributed by atoms with E-state index in [2.05, 4.69) is 46.3 Å². The van der Waals surface area contributed by atoms with E-state index in [0.717, 1.165) is 29.2 Å². The van der Waals surface area contributed by atoms with Crippen LogP contribution >= 0.6 is 0 Å². The lowest BCUT2D eigenvalue weighted by Gasteiger charge is -2.05. The first-order valence-electron chi connectivity index (χ1n) is 7.11. The summed E-state index contributed by atoms with van der Waals surface area (Å²) in [5.74, 6) is 1.02. The van der Waals surface area contributed by atoms with E-state index in [4.69, 9.17) is 4.42 Å². The molecule has 4 heterocycles. The molecule has 0 unspecified atom stereocenters. The molecule has 4 nitrogen and oxygen atoms in total. The van der Waals surface area contributed by atoms with Crippen molar-refractivity contribution in [2.75, 3.05) is 0 Å². The van der Waals surface area contributed by atoms with Gasteiger partial charge in [-0.25, -0.2) is 4.98 Å². The molecule has 0 aliphatic carbocycles. The zero-order valence-corrected chi connectivity index (χ0v) is 11.9. The van der Waals surface area contributed by atoms with Crippen LogP contribution in [0, 0.1) is 13.8 Å². The summed E-state index contributed by atoms with van der Waals surface area (Å²) < 4.78 is 10.6. The van der Waals surface area contributed by atoms with E-state index >= 15 is 0 Å². The van der Waals surface area contributed by atoms with E-state index in [1.54, 1.807) is 0 Å². The molecule has 21 heavy (non-hydrogen) atoms. The number of nitrogens with zero attached hydrogens (tertiary/aromatic N) is 3. The van der Waals surface area contributed by atoms with E-state index in [-0.39, 0.29) is 0 Å². The molecule has 1 aliphatic rings. The standard InChI is InChI=1S/C17H14N3O/c1-10-6-7-19-9-20-11(2)8-18-17(20)12-4-3-5-13-14(12)15(19)16(10)21-13/h3-8H,9H2,1-2H3/q+1. The fourth-order valence-corrected chi connectivity index (χ4v) is 3.34. The Kier molecular flexibility index (Phi) is 1.86. The van der Waals surface area contributed by atoms with Crippen molar-refractivity contribution in [1.82, 2.24) is 9.55 Å². The Balaban J connectivity index is 2.11. The molecule has 1 aliphatic heterocycles. The Bertz CT molecular complexity index is 1040. The van der Waals surface area contributed by atoms with Gasteiger partial charge in [0.05, 0.1) is 0 Å². The van der Waals surface area contributed by atoms with Crippen LogP contribution in [-0.2, 0) is 6.67 Å². The first-order valence-corrected chi connectivity index (χ1v) is 7.11. The molecule has 0 bridgehead atoms. The summed E-state index contributed by atoms with van der Waals surface area (Å²) in [6.45, 7) is 4.96. The van der Waals surface area contributed by atoms with Gasteiger partial charge in [-0.3, -0.25) is 4.57 Å². The number of rotatable bonds is 0. The number of aromatic nitrogens is 3. The lowest BCUT2D eigenvalue weighted by Crippen LogP contribution is -2.37. The highest BCUT2D eigenvalue weighted by Crippen LogP contribution is 2.37. The average molecular weight is 276 g/mol. The molecule has 0 atom stereocenters. The van der Waals surface area contributed by atoms with E-state index in [9.17, 15) is 0 Å². The zero-order chi connectivity index (χ0) is 14.1. The molecule has 5 rings (SSSR count). The van der Waals surface area contributed by atoms with Gasteiger partial charge >= 0.3 is 0 Å². The Morgan fingerprint density at radius 3 is 3.05 bits per heavy atom. The maximum absolute atomic E-state index is 6.10. The van der Waals surface area contributed by atoms with Crippen LogP contribution in [0.2, 0.25) is 0 Å². The van der Waals surface area contributed by atoms with Gasteiger partial charge < -0.3 is 4.42 Å². The maximum Gasteiger partial charge on any atom is 0.261 e. The lowest BCUT2D eigenvalue weighted by atomic mass is 10.1. The van der Waals surface area contributed by atoms with Gasteiger partial charge in [-0.05, 0) is 19.9 Å². The number of furan rings is 1. The van der Waals surface area contributed by atoms with Gasteiger partial charge in [-0.2, -0.15) is 4.57 Å². The normalized spacial score (nSPS) is 13.0. The van der Waals surface area contributed by atoms with Crippen molar-refractivity contribution < 1.29 is 8.98 Å². The fraction of sp³-hybridized carbons (Fsp3) is 0.176. The summed E-state index contributed by atoms with van der Waals surface area (Å²) in [7, 11) is 0. The number of hydrogen-bond acceptors (Lipinski definition) is 2. The van der Waals surface area contributed by atoms with Crippen molar-refractivity contribution in [3.05, 3.63) is 47.9 Å². The minimum absolute atomic E-state index is 0.765. The minimum atomic E-state index is 0.765. The fourth-order valence-electron chi connectivity index (χ4n) is 3.34. The van der Waals surface area contributed by atoms with Crippen molar-refractivity contribution in [1.29, 1.82) is 0 Å². The highest BCUT2D eigenvalue weighted by atomic mass is 16.3. The second kappa shape index (κ2) is 3.52. The minimum Gasteiger partial charge on any atom is -0.449 e. The van der Waals surface area contributed by atoms with Gasteiger partial charge in [0, 0.05) is 29.1 Å². The topological polar surface area (TPSA) is 34.8 Å².